The van der Waals surface area contributed by atoms with Crippen molar-refractivity contribution in [3.05, 3.63) is 52.5 Å². The Kier molecular flexibility index (Phi) is 6.94. The van der Waals surface area contributed by atoms with E-state index < -0.39 is 10.0 Å². The van der Waals surface area contributed by atoms with Gasteiger partial charge in [0.05, 0.1) is 10.0 Å². The summed E-state index contributed by atoms with van der Waals surface area (Å²) in [6.45, 7) is 0.486. The normalized spacial score (nSPS) is 16.1. The Morgan fingerprint density at radius 2 is 1.71 bits per heavy atom. The van der Waals surface area contributed by atoms with Crippen LogP contribution in [0.4, 0.5) is 5.69 Å². The average Bonchev–Trinajstić information content (AvgIpc) is 2.68. The second-order valence-corrected chi connectivity index (χ2v) is 10.0. The van der Waals surface area contributed by atoms with Crippen molar-refractivity contribution in [3.8, 4) is 0 Å². The Hall–Kier alpha value is -1.25. The first-order chi connectivity index (χ1) is 13.3. The molecule has 1 saturated heterocycles. The molecule has 1 heterocycles. The molecule has 2 aromatic rings. The van der Waals surface area contributed by atoms with Gasteiger partial charge in [-0.2, -0.15) is 4.31 Å². The summed E-state index contributed by atoms with van der Waals surface area (Å²) in [6.07, 6.45) is 2.85. The first-order valence-electron chi connectivity index (χ1n) is 8.72. The van der Waals surface area contributed by atoms with Crippen LogP contribution in [0, 0.1) is 5.92 Å². The standard InChI is InChI=1S/C19H20Cl2N2O3S2/c1-27-15-5-2-4-14(12-15)22-19(24)13-8-10-23(11-9-13)28(25,26)18-16(20)6-3-7-17(18)21/h2-7,12-13H,8-11H2,1H3,(H,22,24). The number of piperidine rings is 1. The van der Waals surface area contributed by atoms with Gasteiger partial charge in [-0.1, -0.05) is 35.3 Å². The van der Waals surface area contributed by atoms with Crippen LogP contribution in [0.25, 0.3) is 0 Å². The van der Waals surface area contributed by atoms with E-state index in [0.29, 0.717) is 12.8 Å². The Bertz CT molecular complexity index is 955. The highest BCUT2D eigenvalue weighted by Crippen LogP contribution is 2.33. The van der Waals surface area contributed by atoms with Crippen molar-refractivity contribution in [3.63, 3.8) is 0 Å². The first kappa shape index (κ1) is 21.5. The van der Waals surface area contributed by atoms with E-state index in [0.717, 1.165) is 10.6 Å². The number of carbonyl (C=O) groups is 1. The van der Waals surface area contributed by atoms with Gasteiger partial charge < -0.3 is 5.32 Å². The molecule has 3 rings (SSSR count). The molecular weight excluding hydrogens is 439 g/mol. The van der Waals surface area contributed by atoms with Crippen LogP contribution in [0.5, 0.6) is 0 Å². The smallest absolute Gasteiger partial charge is 0.246 e. The summed E-state index contributed by atoms with van der Waals surface area (Å²) in [5.41, 5.74) is 0.745. The van der Waals surface area contributed by atoms with Gasteiger partial charge in [0.15, 0.2) is 0 Å². The Morgan fingerprint density at radius 1 is 1.11 bits per heavy atom. The number of thioether (sulfide) groups is 1. The van der Waals surface area contributed by atoms with Crippen molar-refractivity contribution >= 4 is 56.6 Å². The second-order valence-electron chi connectivity index (χ2n) is 6.45. The number of nitrogens with zero attached hydrogens (tertiary/aromatic N) is 1. The average molecular weight is 459 g/mol. The van der Waals surface area contributed by atoms with Crippen molar-refractivity contribution in [1.29, 1.82) is 0 Å². The number of anilines is 1. The number of hydrogen-bond acceptors (Lipinski definition) is 4. The summed E-state index contributed by atoms with van der Waals surface area (Å²) in [6, 6.07) is 12.2. The maximum absolute atomic E-state index is 12.9. The molecule has 0 spiro atoms. The molecule has 150 valence electrons. The molecule has 0 saturated carbocycles. The molecule has 0 unspecified atom stereocenters. The van der Waals surface area contributed by atoms with E-state index in [4.69, 9.17) is 23.2 Å². The highest BCUT2D eigenvalue weighted by molar-refractivity contribution is 7.98. The summed E-state index contributed by atoms with van der Waals surface area (Å²) in [7, 11) is -3.81. The van der Waals surface area contributed by atoms with Crippen molar-refractivity contribution in [2.24, 2.45) is 5.92 Å². The quantitative estimate of drug-likeness (QED) is 0.656. The van der Waals surface area contributed by atoms with E-state index in [1.807, 2.05) is 30.5 Å². The molecule has 2 aromatic carbocycles. The van der Waals surface area contributed by atoms with Crippen LogP contribution >= 0.6 is 35.0 Å². The van der Waals surface area contributed by atoms with Crippen LogP contribution in [0.3, 0.4) is 0 Å². The van der Waals surface area contributed by atoms with Crippen molar-refractivity contribution < 1.29 is 13.2 Å². The van der Waals surface area contributed by atoms with Crippen LogP contribution in [-0.2, 0) is 14.8 Å². The van der Waals surface area contributed by atoms with Gasteiger partial charge in [-0.05, 0) is 49.4 Å². The number of amides is 1. The third-order valence-corrected chi connectivity index (χ3v) is 8.26. The summed E-state index contributed by atoms with van der Waals surface area (Å²) < 4.78 is 27.2. The van der Waals surface area contributed by atoms with Gasteiger partial charge >= 0.3 is 0 Å². The number of rotatable bonds is 5. The molecule has 0 aromatic heterocycles. The fraction of sp³-hybridized carbons (Fsp3) is 0.316. The molecule has 5 nitrogen and oxygen atoms in total. The van der Waals surface area contributed by atoms with Gasteiger partial charge in [-0.15, -0.1) is 11.8 Å². The molecule has 0 bridgehead atoms. The molecule has 1 fully saturated rings. The molecule has 28 heavy (non-hydrogen) atoms. The maximum Gasteiger partial charge on any atom is 0.246 e. The lowest BCUT2D eigenvalue weighted by Crippen LogP contribution is -2.41. The zero-order valence-electron chi connectivity index (χ0n) is 15.2. The maximum atomic E-state index is 12.9. The fourth-order valence-electron chi connectivity index (χ4n) is 3.16. The predicted molar refractivity (Wildman–Crippen MR) is 115 cm³/mol. The van der Waals surface area contributed by atoms with Crippen molar-refractivity contribution in [1.82, 2.24) is 4.31 Å². The third-order valence-electron chi connectivity index (χ3n) is 4.68. The lowest BCUT2D eigenvalue weighted by Gasteiger charge is -2.31. The van der Waals surface area contributed by atoms with E-state index in [2.05, 4.69) is 5.32 Å². The lowest BCUT2D eigenvalue weighted by molar-refractivity contribution is -0.120. The molecule has 9 heteroatoms. The minimum Gasteiger partial charge on any atom is -0.326 e. The van der Waals surface area contributed by atoms with Crippen LogP contribution in [0.15, 0.2) is 52.3 Å². The number of halogens is 2. The zero-order chi connectivity index (χ0) is 20.3. The molecule has 0 radical (unpaired) electrons. The number of carbonyl (C=O) groups excluding carboxylic acids is 1. The van der Waals surface area contributed by atoms with Gasteiger partial charge in [-0.25, -0.2) is 8.42 Å². The van der Waals surface area contributed by atoms with Crippen molar-refractivity contribution in [2.45, 2.75) is 22.6 Å². The van der Waals surface area contributed by atoms with Crippen LogP contribution in [0.1, 0.15) is 12.8 Å². The minimum atomic E-state index is -3.81. The van der Waals surface area contributed by atoms with Gasteiger partial charge in [0.25, 0.3) is 0 Å². The van der Waals surface area contributed by atoms with E-state index in [9.17, 15) is 13.2 Å². The molecular formula is C19H20Cl2N2O3S2. The topological polar surface area (TPSA) is 66.5 Å². The van der Waals surface area contributed by atoms with Gasteiger partial charge in [-0.3, -0.25) is 4.79 Å². The largest absolute Gasteiger partial charge is 0.326 e. The summed E-state index contributed by atoms with van der Waals surface area (Å²) in [4.78, 5) is 13.6. The van der Waals surface area contributed by atoms with Gasteiger partial charge in [0.1, 0.15) is 4.90 Å². The SMILES string of the molecule is CSc1cccc(NC(=O)C2CCN(S(=O)(=O)c3c(Cl)cccc3Cl)CC2)c1. The summed E-state index contributed by atoms with van der Waals surface area (Å²) >= 11 is 13.7. The van der Waals surface area contributed by atoms with E-state index in [1.54, 1.807) is 17.8 Å². The van der Waals surface area contributed by atoms with Crippen LogP contribution in [0.2, 0.25) is 10.0 Å². The van der Waals surface area contributed by atoms with Crippen molar-refractivity contribution in [2.75, 3.05) is 24.7 Å². The number of nitrogens with one attached hydrogen (secondary N) is 1. The fourth-order valence-corrected chi connectivity index (χ4v) is 6.18. The summed E-state index contributed by atoms with van der Waals surface area (Å²) in [5.74, 6) is -0.336. The minimum absolute atomic E-state index is 0.0740. The highest BCUT2D eigenvalue weighted by Gasteiger charge is 2.34. The molecule has 0 aliphatic carbocycles. The third kappa shape index (κ3) is 4.66. The Morgan fingerprint density at radius 3 is 2.32 bits per heavy atom. The Balaban J connectivity index is 1.66. The molecule has 0 atom stereocenters. The summed E-state index contributed by atoms with van der Waals surface area (Å²) in [5, 5.41) is 3.12. The van der Waals surface area contributed by atoms with E-state index in [-0.39, 0.29) is 39.9 Å². The van der Waals surface area contributed by atoms with Crippen LogP contribution in [-0.4, -0.2) is 38.0 Å². The van der Waals surface area contributed by atoms with E-state index in [1.165, 1.54) is 16.4 Å². The van der Waals surface area contributed by atoms with E-state index >= 15 is 0 Å². The number of benzene rings is 2. The molecule has 1 N–H and O–H groups in total. The first-order valence-corrected chi connectivity index (χ1v) is 12.1. The molecule has 1 aliphatic rings. The second kappa shape index (κ2) is 9.05. The van der Waals surface area contributed by atoms with Gasteiger partial charge in [0, 0.05) is 29.6 Å². The zero-order valence-corrected chi connectivity index (χ0v) is 18.3. The highest BCUT2D eigenvalue weighted by atomic mass is 35.5. The number of hydrogen-bond donors (Lipinski definition) is 1. The monoisotopic (exact) mass is 458 g/mol. The lowest BCUT2D eigenvalue weighted by atomic mass is 9.97. The van der Waals surface area contributed by atoms with Gasteiger partial charge in [0.2, 0.25) is 15.9 Å². The predicted octanol–water partition coefficient (Wildman–Crippen LogP) is 4.75. The Labute approximate surface area is 179 Å². The van der Waals surface area contributed by atoms with Crippen LogP contribution < -0.4 is 5.32 Å². The molecule has 1 aliphatic heterocycles. The molecule has 1 amide bonds. The number of sulfonamides is 1.